The topological polar surface area (TPSA) is 58.9 Å². The van der Waals surface area contributed by atoms with Crippen LogP contribution in [0.25, 0.3) is 0 Å². The van der Waals surface area contributed by atoms with Gasteiger partial charge in [0.05, 0.1) is 18.7 Å². The highest BCUT2D eigenvalue weighted by atomic mass is 16.6. The van der Waals surface area contributed by atoms with Gasteiger partial charge in [-0.25, -0.2) is 0 Å². The van der Waals surface area contributed by atoms with E-state index in [0.717, 1.165) is 0 Å². The lowest BCUT2D eigenvalue weighted by Crippen LogP contribution is -2.50. The van der Waals surface area contributed by atoms with Crippen LogP contribution in [0.3, 0.4) is 0 Å². The maximum absolute atomic E-state index is 9.71. The molecule has 2 N–H and O–H groups in total. The molecule has 0 radical (unpaired) electrons. The summed E-state index contributed by atoms with van der Waals surface area (Å²) in [5, 5.41) is 19.2. The zero-order valence-electron chi connectivity index (χ0n) is 7.23. The largest absolute Gasteiger partial charge is 0.390 e. The molecule has 2 bridgehead atoms. The van der Waals surface area contributed by atoms with E-state index in [-0.39, 0.29) is 12.1 Å². The Morgan fingerprint density at radius 2 is 2.33 bits per heavy atom. The number of hydrogen-bond donors (Lipinski definition) is 2. The summed E-state index contributed by atoms with van der Waals surface area (Å²) in [6, 6.07) is -0.122. The van der Waals surface area contributed by atoms with Crippen LogP contribution in [0.15, 0.2) is 0 Å². The van der Waals surface area contributed by atoms with Gasteiger partial charge in [0.25, 0.3) is 0 Å². The van der Waals surface area contributed by atoms with Crippen LogP contribution in [0, 0.1) is 0 Å². The van der Waals surface area contributed by atoms with Crippen molar-refractivity contribution in [3.8, 4) is 0 Å². The molecule has 0 unspecified atom stereocenters. The van der Waals surface area contributed by atoms with Gasteiger partial charge in [0.1, 0.15) is 25.7 Å². The number of rotatable bonds is 1. The summed E-state index contributed by atoms with van der Waals surface area (Å²) in [5.41, 5.74) is -0.871. The van der Waals surface area contributed by atoms with Gasteiger partial charge in [-0.05, 0) is 6.92 Å². The Morgan fingerprint density at radius 3 is 2.58 bits per heavy atom. The van der Waals surface area contributed by atoms with Crippen molar-refractivity contribution < 1.29 is 19.7 Å². The number of hydrogen-bond acceptors (Lipinski definition) is 4. The van der Waals surface area contributed by atoms with Crippen LogP contribution in [0.1, 0.15) is 6.92 Å². The zero-order valence-corrected chi connectivity index (χ0v) is 7.23. The second kappa shape index (κ2) is 2.45. The fourth-order valence-corrected chi connectivity index (χ4v) is 2.06. The van der Waals surface area contributed by atoms with Crippen LogP contribution >= 0.6 is 0 Å². The molecule has 4 nitrogen and oxygen atoms in total. The molecule has 12 heavy (non-hydrogen) atoms. The second-order valence-corrected chi connectivity index (χ2v) is 3.67. The first kappa shape index (κ1) is 8.50. The molecule has 0 saturated carbocycles. The third-order valence-electron chi connectivity index (χ3n) is 2.89. The lowest BCUT2D eigenvalue weighted by Gasteiger charge is -2.32. The average molecular weight is 172 g/mol. The molecule has 5 heteroatoms. The molecule has 0 aromatic carbocycles. The predicted octanol–water partition coefficient (Wildman–Crippen LogP) is -2.14. The Bertz CT molecular complexity index is 198. The van der Waals surface area contributed by atoms with Crippen LogP contribution in [-0.4, -0.2) is 54.6 Å². The summed E-state index contributed by atoms with van der Waals surface area (Å²) >= 11 is 0. The Labute approximate surface area is 71.9 Å². The van der Waals surface area contributed by atoms with E-state index >= 15 is 0 Å². The smallest absolute Gasteiger partial charge is 0.145 e. The molecule has 2 aliphatic rings. The van der Waals surface area contributed by atoms with E-state index in [0.29, 0.717) is 6.61 Å². The normalized spacial score (nSPS) is 54.4. The number of aliphatic hydroxyl groups is 2. The number of fused-ring (bicyclic) bond motifs is 2. The summed E-state index contributed by atoms with van der Waals surface area (Å²) in [5.74, 6) is 0. The van der Waals surface area contributed by atoms with Gasteiger partial charge in [0.15, 0.2) is 0 Å². The monoisotopic (exact) mass is 172 g/mol. The van der Waals surface area contributed by atoms with Crippen LogP contribution in [-0.2, 0) is 9.47 Å². The van der Waals surface area contributed by atoms with Gasteiger partial charge in [-0.15, -0.1) is 0 Å². The summed E-state index contributed by atoms with van der Waals surface area (Å²) in [6.07, 6.45) is -1.64. The Hall–Kier alpha value is -0.0951. The van der Waals surface area contributed by atoms with E-state index in [1.807, 2.05) is 7.85 Å². The Kier molecular flexibility index (Phi) is 1.73. The SMILES string of the molecule is B[C@@H]1O[C@]2([C@H](C)O)CO[C@H]1[C@H]2O. The standard InChI is InChI=1S/C7H13BO4/c1-3(9)7-2-11-4(5(7)10)6(8)12-7/h3-6,9-10H,2,8H2,1H3/t3-,4-,5+,6+,7-/m0/s1. The molecule has 68 valence electrons. The molecule has 0 aromatic heterocycles. The van der Waals surface area contributed by atoms with Gasteiger partial charge in [-0.1, -0.05) is 0 Å². The van der Waals surface area contributed by atoms with Crippen molar-refractivity contribution >= 4 is 7.85 Å². The molecule has 0 spiro atoms. The van der Waals surface area contributed by atoms with Crippen LogP contribution in [0.5, 0.6) is 0 Å². The summed E-state index contributed by atoms with van der Waals surface area (Å²) in [4.78, 5) is 0. The molecule has 5 atom stereocenters. The fourth-order valence-electron chi connectivity index (χ4n) is 2.06. The molecule has 2 saturated heterocycles. The predicted molar refractivity (Wildman–Crippen MR) is 43.6 cm³/mol. The minimum atomic E-state index is -0.871. The molecule has 2 aliphatic heterocycles. The third kappa shape index (κ3) is 0.822. The number of ether oxygens (including phenoxy) is 2. The Balaban J connectivity index is 2.27. The van der Waals surface area contributed by atoms with E-state index in [2.05, 4.69) is 0 Å². The maximum atomic E-state index is 9.71. The molecular weight excluding hydrogens is 159 g/mol. The van der Waals surface area contributed by atoms with Crippen LogP contribution in [0.4, 0.5) is 0 Å². The second-order valence-electron chi connectivity index (χ2n) is 3.67. The lowest BCUT2D eigenvalue weighted by atomic mass is 9.90. The fraction of sp³-hybridized carbons (Fsp3) is 1.00. The summed E-state index contributed by atoms with van der Waals surface area (Å²) in [6.45, 7) is 1.91. The van der Waals surface area contributed by atoms with Gasteiger partial charge in [0.2, 0.25) is 0 Å². The van der Waals surface area contributed by atoms with Crippen molar-refractivity contribution in [2.24, 2.45) is 0 Å². The molecule has 0 amide bonds. The van der Waals surface area contributed by atoms with E-state index < -0.39 is 17.8 Å². The first-order chi connectivity index (χ1) is 5.58. The van der Waals surface area contributed by atoms with E-state index in [4.69, 9.17) is 9.47 Å². The van der Waals surface area contributed by atoms with E-state index in [1.165, 1.54) is 0 Å². The van der Waals surface area contributed by atoms with E-state index in [9.17, 15) is 10.2 Å². The molecular formula is C7H13BO4. The first-order valence-corrected chi connectivity index (χ1v) is 4.23. The van der Waals surface area contributed by atoms with Crippen molar-refractivity contribution in [3.63, 3.8) is 0 Å². The zero-order chi connectivity index (χ0) is 8.93. The Morgan fingerprint density at radius 1 is 1.67 bits per heavy atom. The van der Waals surface area contributed by atoms with Crippen molar-refractivity contribution in [2.45, 2.75) is 36.8 Å². The van der Waals surface area contributed by atoms with E-state index in [1.54, 1.807) is 6.92 Å². The third-order valence-corrected chi connectivity index (χ3v) is 2.89. The van der Waals surface area contributed by atoms with Gasteiger partial charge in [-0.3, -0.25) is 0 Å². The highest BCUT2D eigenvalue weighted by molar-refractivity contribution is 6.11. The lowest BCUT2D eigenvalue weighted by molar-refractivity contribution is -0.163. The highest BCUT2D eigenvalue weighted by Gasteiger charge is 2.61. The molecule has 2 rings (SSSR count). The van der Waals surface area contributed by atoms with Crippen molar-refractivity contribution in [2.75, 3.05) is 6.61 Å². The maximum Gasteiger partial charge on any atom is 0.145 e. The summed E-state index contributed by atoms with van der Waals surface area (Å²) in [7, 11) is 1.84. The first-order valence-electron chi connectivity index (χ1n) is 4.23. The highest BCUT2D eigenvalue weighted by Crippen LogP contribution is 2.40. The average Bonchev–Trinajstić information content (AvgIpc) is 2.42. The molecule has 0 aliphatic carbocycles. The van der Waals surface area contributed by atoms with Gasteiger partial charge < -0.3 is 19.7 Å². The van der Waals surface area contributed by atoms with Crippen molar-refractivity contribution in [1.29, 1.82) is 0 Å². The van der Waals surface area contributed by atoms with Crippen molar-refractivity contribution in [1.82, 2.24) is 0 Å². The van der Waals surface area contributed by atoms with Gasteiger partial charge in [-0.2, -0.15) is 0 Å². The quantitative estimate of drug-likeness (QED) is 0.443. The van der Waals surface area contributed by atoms with Crippen LogP contribution in [0.2, 0.25) is 0 Å². The van der Waals surface area contributed by atoms with Gasteiger partial charge in [0, 0.05) is 0 Å². The molecule has 2 fully saturated rings. The minimum Gasteiger partial charge on any atom is -0.390 e. The molecule has 2 heterocycles. The molecule has 0 aromatic rings. The van der Waals surface area contributed by atoms with Gasteiger partial charge >= 0.3 is 0 Å². The minimum absolute atomic E-state index is 0.122. The number of aliphatic hydroxyl groups excluding tert-OH is 2. The summed E-state index contributed by atoms with van der Waals surface area (Å²) < 4.78 is 10.8. The van der Waals surface area contributed by atoms with Crippen molar-refractivity contribution in [3.05, 3.63) is 0 Å². The van der Waals surface area contributed by atoms with Crippen LogP contribution < -0.4 is 0 Å².